The van der Waals surface area contributed by atoms with E-state index < -0.39 is 23.1 Å². The molecule has 0 saturated heterocycles. The summed E-state index contributed by atoms with van der Waals surface area (Å²) in [6, 6.07) is 5.59. The second-order valence-electron chi connectivity index (χ2n) is 5.27. The van der Waals surface area contributed by atoms with E-state index in [0.29, 0.717) is 11.3 Å². The zero-order valence-corrected chi connectivity index (χ0v) is 14.3. The van der Waals surface area contributed by atoms with Crippen molar-refractivity contribution >= 4 is 23.2 Å². The maximum atomic E-state index is 14.9. The predicted molar refractivity (Wildman–Crippen MR) is 95.7 cm³/mol. The molecular formula is C18H10ClF2N5O. The van der Waals surface area contributed by atoms with Gasteiger partial charge in [-0.05, 0) is 24.3 Å². The molecule has 27 heavy (non-hydrogen) atoms. The molecule has 0 spiro atoms. The fourth-order valence-corrected chi connectivity index (χ4v) is 2.73. The zero-order chi connectivity index (χ0) is 19.6. The third-order valence-electron chi connectivity index (χ3n) is 3.68. The summed E-state index contributed by atoms with van der Waals surface area (Å²) in [6.07, 6.45) is 4.00. The van der Waals surface area contributed by atoms with Gasteiger partial charge in [-0.2, -0.15) is 10.4 Å². The fraction of sp³-hybridized carbons (Fsp3) is 0. The molecule has 3 rings (SSSR count). The summed E-state index contributed by atoms with van der Waals surface area (Å²) in [5.41, 5.74) is -0.425. The van der Waals surface area contributed by atoms with Gasteiger partial charge in [0.15, 0.2) is 5.82 Å². The second kappa shape index (κ2) is 7.35. The van der Waals surface area contributed by atoms with Gasteiger partial charge in [0.05, 0.1) is 22.0 Å². The van der Waals surface area contributed by atoms with Crippen molar-refractivity contribution < 1.29 is 13.6 Å². The van der Waals surface area contributed by atoms with E-state index in [9.17, 15) is 13.6 Å². The van der Waals surface area contributed by atoms with Crippen LogP contribution in [0, 0.1) is 23.0 Å². The Balaban J connectivity index is 2.25. The number of H-pyrrole nitrogens is 1. The molecule has 0 radical (unpaired) electrons. The number of aromatic nitrogens is 3. The predicted octanol–water partition coefficient (Wildman–Crippen LogP) is 4.07. The molecule has 0 saturated carbocycles. The van der Waals surface area contributed by atoms with Crippen molar-refractivity contribution in [2.75, 3.05) is 5.32 Å². The van der Waals surface area contributed by atoms with Crippen LogP contribution >= 0.6 is 11.6 Å². The van der Waals surface area contributed by atoms with Crippen LogP contribution in [0.4, 0.5) is 14.5 Å². The molecular weight excluding hydrogens is 376 g/mol. The molecule has 2 aromatic heterocycles. The van der Waals surface area contributed by atoms with Gasteiger partial charge in [-0.1, -0.05) is 18.2 Å². The van der Waals surface area contributed by atoms with Crippen LogP contribution in [0.5, 0.6) is 0 Å². The smallest absolute Gasteiger partial charge is 0.247 e. The Morgan fingerprint density at radius 3 is 2.70 bits per heavy atom. The Morgan fingerprint density at radius 2 is 2.07 bits per heavy atom. The van der Waals surface area contributed by atoms with Crippen LogP contribution in [-0.4, -0.2) is 21.1 Å². The van der Waals surface area contributed by atoms with Crippen LogP contribution in [0.3, 0.4) is 0 Å². The number of aromatic amines is 1. The first-order valence-electron chi connectivity index (χ1n) is 7.48. The highest BCUT2D eigenvalue weighted by atomic mass is 35.5. The molecule has 0 atom stereocenters. The molecule has 0 aliphatic carbocycles. The third-order valence-corrected chi connectivity index (χ3v) is 4.05. The summed E-state index contributed by atoms with van der Waals surface area (Å²) < 4.78 is 28.9. The van der Waals surface area contributed by atoms with E-state index in [1.54, 1.807) is 12.1 Å². The van der Waals surface area contributed by atoms with E-state index in [0.717, 1.165) is 12.1 Å². The second-order valence-corrected chi connectivity index (χ2v) is 5.65. The van der Waals surface area contributed by atoms with Gasteiger partial charge in [-0.15, -0.1) is 0 Å². The molecule has 1 aromatic carbocycles. The first-order valence-corrected chi connectivity index (χ1v) is 7.85. The molecule has 2 heterocycles. The summed E-state index contributed by atoms with van der Waals surface area (Å²) in [5.74, 6) is -2.99. The fourth-order valence-electron chi connectivity index (χ4n) is 2.44. The van der Waals surface area contributed by atoms with E-state index in [4.69, 9.17) is 16.9 Å². The molecule has 0 unspecified atom stereocenters. The topological polar surface area (TPSA) is 94.5 Å². The Morgan fingerprint density at radius 1 is 1.37 bits per heavy atom. The minimum atomic E-state index is -1.18. The van der Waals surface area contributed by atoms with Gasteiger partial charge in [0.2, 0.25) is 5.91 Å². The molecule has 9 heteroatoms. The van der Waals surface area contributed by atoms with Gasteiger partial charge in [-0.3, -0.25) is 14.9 Å². The van der Waals surface area contributed by atoms with Crippen LogP contribution < -0.4 is 5.32 Å². The largest absolute Gasteiger partial charge is 0.322 e. The molecule has 3 aromatic rings. The van der Waals surface area contributed by atoms with E-state index in [2.05, 4.69) is 27.1 Å². The van der Waals surface area contributed by atoms with E-state index in [1.807, 2.05) is 0 Å². The molecule has 0 aliphatic rings. The van der Waals surface area contributed by atoms with Crippen LogP contribution in [0.15, 0.2) is 43.2 Å². The van der Waals surface area contributed by atoms with Crippen molar-refractivity contribution in [2.24, 2.45) is 0 Å². The number of anilines is 1. The van der Waals surface area contributed by atoms with Crippen molar-refractivity contribution in [1.29, 1.82) is 5.26 Å². The van der Waals surface area contributed by atoms with Gasteiger partial charge in [0.1, 0.15) is 23.1 Å². The normalized spacial score (nSPS) is 10.3. The number of rotatable bonds is 4. The highest BCUT2D eigenvalue weighted by Crippen LogP contribution is 2.40. The molecule has 0 fully saturated rings. The first-order chi connectivity index (χ1) is 13.0. The first kappa shape index (κ1) is 18.2. The number of carbonyl (C=O) groups excluding carboxylic acids is 1. The lowest BCUT2D eigenvalue weighted by Gasteiger charge is -2.12. The number of nitrogens with zero attached hydrogens (tertiary/aromatic N) is 3. The van der Waals surface area contributed by atoms with Crippen molar-refractivity contribution in [3.8, 4) is 28.6 Å². The number of amides is 1. The quantitative estimate of drug-likeness (QED) is 0.662. The standard InChI is InChI=1S/C18H10ClF2N5O/c1-2-13(27)24-12-7-11(20)10(8-22)16(21)14(12)18-15(19)17(25-26-18)9-3-5-23-6-4-9/h2-7H,1H2,(H,24,27)(H,25,26). The van der Waals surface area contributed by atoms with E-state index in [1.165, 1.54) is 18.5 Å². The van der Waals surface area contributed by atoms with E-state index >= 15 is 0 Å². The minimum absolute atomic E-state index is 0.0168. The number of pyridine rings is 1. The number of nitriles is 1. The van der Waals surface area contributed by atoms with Crippen molar-refractivity contribution in [3.05, 3.63) is 65.5 Å². The van der Waals surface area contributed by atoms with Crippen LogP contribution in [0.2, 0.25) is 5.02 Å². The average molecular weight is 386 g/mol. The lowest BCUT2D eigenvalue weighted by atomic mass is 10.0. The van der Waals surface area contributed by atoms with Gasteiger partial charge in [0.25, 0.3) is 0 Å². The lowest BCUT2D eigenvalue weighted by molar-refractivity contribution is -0.111. The number of nitrogens with one attached hydrogen (secondary N) is 2. The molecule has 134 valence electrons. The Labute approximate surface area is 157 Å². The maximum Gasteiger partial charge on any atom is 0.247 e. The van der Waals surface area contributed by atoms with Gasteiger partial charge in [-0.25, -0.2) is 8.78 Å². The zero-order valence-electron chi connectivity index (χ0n) is 13.6. The maximum absolute atomic E-state index is 14.9. The summed E-state index contributed by atoms with van der Waals surface area (Å²) in [4.78, 5) is 15.5. The molecule has 2 N–H and O–H groups in total. The van der Waals surface area contributed by atoms with Crippen LogP contribution in [-0.2, 0) is 4.79 Å². The highest BCUT2D eigenvalue weighted by molar-refractivity contribution is 6.35. The minimum Gasteiger partial charge on any atom is -0.322 e. The lowest BCUT2D eigenvalue weighted by Crippen LogP contribution is -2.11. The Kier molecular flexibility index (Phi) is 4.96. The van der Waals surface area contributed by atoms with Crippen molar-refractivity contribution in [3.63, 3.8) is 0 Å². The van der Waals surface area contributed by atoms with Crippen LogP contribution in [0.1, 0.15) is 5.56 Å². The molecule has 0 bridgehead atoms. The van der Waals surface area contributed by atoms with Gasteiger partial charge >= 0.3 is 0 Å². The Hall–Kier alpha value is -3.57. The van der Waals surface area contributed by atoms with Gasteiger partial charge in [0, 0.05) is 18.0 Å². The SMILES string of the molecule is C=CC(=O)Nc1cc(F)c(C#N)c(F)c1-c1[nH]nc(-c2ccncc2)c1Cl. The third kappa shape index (κ3) is 3.28. The average Bonchev–Trinajstić information content (AvgIpc) is 3.03. The molecule has 1 amide bonds. The van der Waals surface area contributed by atoms with Crippen LogP contribution in [0.25, 0.3) is 22.5 Å². The summed E-state index contributed by atoms with van der Waals surface area (Å²) in [7, 11) is 0. The summed E-state index contributed by atoms with van der Waals surface area (Å²) in [5, 5.41) is 18.0. The monoisotopic (exact) mass is 385 g/mol. The highest BCUT2D eigenvalue weighted by Gasteiger charge is 2.25. The number of carbonyl (C=O) groups is 1. The van der Waals surface area contributed by atoms with Crippen molar-refractivity contribution in [2.45, 2.75) is 0 Å². The summed E-state index contributed by atoms with van der Waals surface area (Å²) in [6.45, 7) is 3.30. The number of halogens is 3. The Bertz CT molecular complexity index is 1090. The number of hydrogen-bond acceptors (Lipinski definition) is 4. The number of benzene rings is 1. The summed E-state index contributed by atoms with van der Waals surface area (Å²) >= 11 is 6.35. The molecule has 6 nitrogen and oxygen atoms in total. The van der Waals surface area contributed by atoms with Gasteiger partial charge < -0.3 is 5.32 Å². The molecule has 0 aliphatic heterocycles. The van der Waals surface area contributed by atoms with Crippen molar-refractivity contribution in [1.82, 2.24) is 15.2 Å². The number of hydrogen-bond donors (Lipinski definition) is 2. The van der Waals surface area contributed by atoms with E-state index in [-0.39, 0.29) is 22.0 Å².